The van der Waals surface area contributed by atoms with Crippen molar-refractivity contribution in [3.63, 3.8) is 0 Å². The van der Waals surface area contributed by atoms with Gasteiger partial charge in [0, 0.05) is 0 Å². The van der Waals surface area contributed by atoms with Crippen molar-refractivity contribution >= 4 is 39.7 Å². The van der Waals surface area contributed by atoms with Gasteiger partial charge in [-0.2, -0.15) is 0 Å². The summed E-state index contributed by atoms with van der Waals surface area (Å²) in [6.45, 7) is 2.27. The summed E-state index contributed by atoms with van der Waals surface area (Å²) in [6.07, 6.45) is 13.9. The van der Waals surface area contributed by atoms with Gasteiger partial charge in [0.15, 0.2) is 0 Å². The van der Waals surface area contributed by atoms with E-state index >= 15 is 0 Å². The maximum atomic E-state index is 5.69. The molecule has 0 aromatic rings. The fourth-order valence-electron chi connectivity index (χ4n) is 1.72. The third-order valence-electron chi connectivity index (χ3n) is 2.69. The van der Waals surface area contributed by atoms with Gasteiger partial charge in [-0.1, -0.05) is 87.2 Å². The van der Waals surface area contributed by atoms with Crippen molar-refractivity contribution in [2.75, 3.05) is 5.75 Å². The molecule has 0 radical (unpaired) electrons. The Morgan fingerprint density at radius 1 is 0.750 bits per heavy atom. The molecule has 0 bridgehead atoms. The first kappa shape index (κ1) is 17.4. The summed E-state index contributed by atoms with van der Waals surface area (Å²) >= 11 is 13.1. The maximum absolute atomic E-state index is 5.69. The first-order valence-corrected chi connectivity index (χ1v) is 11.3. The van der Waals surface area contributed by atoms with Crippen LogP contribution in [0.2, 0.25) is 0 Å². The van der Waals surface area contributed by atoms with Crippen LogP contribution >= 0.6 is 39.7 Å². The predicted octanol–water partition coefficient (Wildman–Crippen LogP) is 7.35. The summed E-state index contributed by atoms with van der Waals surface area (Å²) in [5, 5.41) is 0. The lowest BCUT2D eigenvalue weighted by Gasteiger charge is -2.02. The second kappa shape index (κ2) is 14.4. The summed E-state index contributed by atoms with van der Waals surface area (Å²) in [7, 11) is 0. The number of rotatable bonds is 12. The lowest BCUT2D eigenvalue weighted by molar-refractivity contribution is 0.563. The van der Waals surface area contributed by atoms with Gasteiger partial charge in [0.05, 0.1) is 0 Å². The molecule has 0 aliphatic carbocycles. The molecule has 0 nitrogen and oxygen atoms in total. The summed E-state index contributed by atoms with van der Waals surface area (Å²) in [5.41, 5.74) is 0. The van der Waals surface area contributed by atoms with E-state index in [1.165, 1.54) is 64.2 Å². The molecule has 0 heterocycles. The molecule has 0 amide bonds. The van der Waals surface area contributed by atoms with Crippen LogP contribution in [0.1, 0.15) is 71.1 Å². The van der Waals surface area contributed by atoms with Crippen molar-refractivity contribution in [2.24, 2.45) is 0 Å². The van der Waals surface area contributed by atoms with Crippen LogP contribution in [-0.2, 0) is 0 Å². The van der Waals surface area contributed by atoms with Gasteiger partial charge in [0.1, 0.15) is 5.83 Å². The van der Waals surface area contributed by atoms with E-state index in [1.807, 2.05) is 0 Å². The quantitative estimate of drug-likeness (QED) is 0.268. The molecule has 0 fully saturated rings. The van der Waals surface area contributed by atoms with Crippen molar-refractivity contribution in [1.82, 2.24) is 0 Å². The zero-order chi connectivity index (χ0) is 12.1. The Labute approximate surface area is 116 Å². The van der Waals surface area contributed by atoms with E-state index in [0.717, 1.165) is 5.75 Å². The van der Waals surface area contributed by atoms with Gasteiger partial charge < -0.3 is 0 Å². The first-order valence-electron chi connectivity index (χ1n) is 6.52. The maximum Gasteiger partial charge on any atom is 0.145 e. The number of hydrogen-bond acceptors (Lipinski definition) is 1. The fraction of sp³-hybridized carbons (Fsp3) is 1.00. The molecule has 0 unspecified atom stereocenters. The van der Waals surface area contributed by atoms with Crippen LogP contribution in [0, 0.1) is 0 Å². The highest BCUT2D eigenvalue weighted by Gasteiger charge is 1.98. The highest BCUT2D eigenvalue weighted by Crippen LogP contribution is 2.59. The standard InChI is InChI=1S/C12H25Cl2PS/c1-2-3-4-5-6-7-8-9-10-11-12-16-15(13)14/h2-12H2,1H3. The molecule has 0 aliphatic rings. The molecule has 0 aromatic heterocycles. The van der Waals surface area contributed by atoms with Crippen molar-refractivity contribution in [3.8, 4) is 0 Å². The minimum Gasteiger partial charge on any atom is -0.102 e. The summed E-state index contributed by atoms with van der Waals surface area (Å²) < 4.78 is 0. The van der Waals surface area contributed by atoms with Crippen LogP contribution in [0.3, 0.4) is 0 Å². The predicted molar refractivity (Wildman–Crippen MR) is 82.9 cm³/mol. The zero-order valence-corrected chi connectivity index (χ0v) is 13.6. The van der Waals surface area contributed by atoms with E-state index in [-0.39, 0.29) is 0 Å². The molecule has 0 aliphatic heterocycles. The number of hydrogen-bond donors (Lipinski definition) is 0. The average molecular weight is 303 g/mol. The van der Waals surface area contributed by atoms with Crippen molar-refractivity contribution in [2.45, 2.75) is 71.1 Å². The number of unbranched alkanes of at least 4 members (excludes halogenated alkanes) is 9. The van der Waals surface area contributed by atoms with Crippen molar-refractivity contribution < 1.29 is 0 Å². The fourth-order valence-corrected chi connectivity index (χ4v) is 4.24. The minimum atomic E-state index is -0.776. The first-order chi connectivity index (χ1) is 7.77. The third-order valence-corrected chi connectivity index (χ3v) is 6.24. The average Bonchev–Trinajstić information content (AvgIpc) is 2.25. The van der Waals surface area contributed by atoms with E-state index in [4.69, 9.17) is 22.5 Å². The lowest BCUT2D eigenvalue weighted by Crippen LogP contribution is -1.82. The zero-order valence-electron chi connectivity index (χ0n) is 10.4. The highest BCUT2D eigenvalue weighted by atomic mass is 35.9. The Hall–Kier alpha value is 1.36. The minimum absolute atomic E-state index is 0.776. The van der Waals surface area contributed by atoms with Gasteiger partial charge in [-0.3, -0.25) is 0 Å². The highest BCUT2D eigenvalue weighted by molar-refractivity contribution is 8.70. The van der Waals surface area contributed by atoms with Crippen LogP contribution in [0.15, 0.2) is 0 Å². The summed E-state index contributed by atoms with van der Waals surface area (Å²) in [6, 6.07) is 0. The Morgan fingerprint density at radius 3 is 1.62 bits per heavy atom. The van der Waals surface area contributed by atoms with Crippen molar-refractivity contribution in [1.29, 1.82) is 0 Å². The summed E-state index contributed by atoms with van der Waals surface area (Å²) in [4.78, 5) is 0. The third kappa shape index (κ3) is 15.4. The van der Waals surface area contributed by atoms with Gasteiger partial charge in [-0.25, -0.2) is 0 Å². The van der Waals surface area contributed by atoms with Crippen LogP contribution in [0.25, 0.3) is 0 Å². The molecule has 0 aromatic carbocycles. The van der Waals surface area contributed by atoms with Crippen LogP contribution in [0.4, 0.5) is 0 Å². The Bertz CT molecular complexity index is 134. The normalized spacial score (nSPS) is 11.2. The van der Waals surface area contributed by atoms with Gasteiger partial charge in [0.2, 0.25) is 0 Å². The molecular weight excluding hydrogens is 278 g/mol. The molecule has 0 saturated carbocycles. The van der Waals surface area contributed by atoms with Gasteiger partial charge in [-0.15, -0.1) is 11.4 Å². The van der Waals surface area contributed by atoms with E-state index in [0.29, 0.717) is 0 Å². The molecule has 0 rings (SSSR count). The Kier molecular flexibility index (Phi) is 15.6. The van der Waals surface area contributed by atoms with Gasteiger partial charge in [-0.05, 0) is 12.2 Å². The Balaban J connectivity index is 2.88. The van der Waals surface area contributed by atoms with E-state index in [1.54, 1.807) is 11.4 Å². The molecule has 4 heteroatoms. The van der Waals surface area contributed by atoms with Crippen LogP contribution in [-0.4, -0.2) is 5.75 Å². The van der Waals surface area contributed by atoms with Gasteiger partial charge in [0.25, 0.3) is 0 Å². The van der Waals surface area contributed by atoms with Crippen LogP contribution in [0.5, 0.6) is 0 Å². The smallest absolute Gasteiger partial charge is 0.102 e. The molecule has 16 heavy (non-hydrogen) atoms. The van der Waals surface area contributed by atoms with Gasteiger partial charge >= 0.3 is 0 Å². The largest absolute Gasteiger partial charge is 0.145 e. The van der Waals surface area contributed by atoms with Crippen LogP contribution < -0.4 is 0 Å². The topological polar surface area (TPSA) is 0 Å². The molecule has 0 spiro atoms. The second-order valence-electron chi connectivity index (χ2n) is 4.22. The van der Waals surface area contributed by atoms with E-state index < -0.39 is 5.83 Å². The molecule has 98 valence electrons. The Morgan fingerprint density at radius 2 is 1.19 bits per heavy atom. The van der Waals surface area contributed by atoms with E-state index in [2.05, 4.69) is 6.92 Å². The molecule has 0 N–H and O–H groups in total. The molecule has 0 atom stereocenters. The van der Waals surface area contributed by atoms with E-state index in [9.17, 15) is 0 Å². The SMILES string of the molecule is CCCCCCCCCCCCSP(Cl)Cl. The molecule has 0 saturated heterocycles. The number of halogens is 2. The monoisotopic (exact) mass is 302 g/mol. The lowest BCUT2D eigenvalue weighted by atomic mass is 10.1. The molecular formula is C12H25Cl2PS. The second-order valence-corrected chi connectivity index (χ2v) is 10.9. The van der Waals surface area contributed by atoms with Crippen molar-refractivity contribution in [3.05, 3.63) is 0 Å². The summed E-state index contributed by atoms with van der Waals surface area (Å²) in [5.74, 6) is 0.358.